The Morgan fingerprint density at radius 3 is 2.34 bits per heavy atom. The number of hydrogen-bond acceptors (Lipinski definition) is 11. The lowest BCUT2D eigenvalue weighted by atomic mass is 9.37. The third kappa shape index (κ3) is 4.30. The summed E-state index contributed by atoms with van der Waals surface area (Å²) in [4.78, 5) is 53.7. The monoisotopic (exact) mass is 656 g/mol. The van der Waals surface area contributed by atoms with Gasteiger partial charge in [-0.15, -0.1) is 0 Å². The van der Waals surface area contributed by atoms with Crippen LogP contribution in [0.15, 0.2) is 34.7 Å². The molecule has 1 N–H and O–H groups in total. The Hall–Kier alpha value is -3.18. The molecule has 5 aliphatic rings. The Morgan fingerprint density at radius 1 is 1.06 bits per heavy atom. The first-order valence-electron chi connectivity index (χ1n) is 16.8. The number of furan rings is 1. The third-order valence-corrected chi connectivity index (χ3v) is 12.6. The number of esters is 4. The highest BCUT2D eigenvalue weighted by Gasteiger charge is 2.90. The van der Waals surface area contributed by atoms with Crippen molar-refractivity contribution in [3.05, 3.63) is 35.8 Å². The second-order valence-electron chi connectivity index (χ2n) is 15.7. The molecule has 3 aliphatic heterocycles. The molecular formula is C36H48O11. The van der Waals surface area contributed by atoms with Crippen molar-refractivity contribution >= 4 is 23.9 Å². The van der Waals surface area contributed by atoms with Crippen LogP contribution in [0.4, 0.5) is 0 Å². The van der Waals surface area contributed by atoms with Crippen LogP contribution in [0.25, 0.3) is 0 Å². The molecule has 258 valence electrons. The van der Waals surface area contributed by atoms with Gasteiger partial charge in [0.1, 0.15) is 23.9 Å². The summed E-state index contributed by atoms with van der Waals surface area (Å²) in [5.74, 6) is -4.05. The second kappa shape index (κ2) is 10.9. The molecule has 11 heteroatoms. The molecule has 5 unspecified atom stereocenters. The van der Waals surface area contributed by atoms with Crippen molar-refractivity contribution in [2.75, 3.05) is 7.11 Å². The van der Waals surface area contributed by atoms with Crippen molar-refractivity contribution < 1.29 is 52.4 Å². The van der Waals surface area contributed by atoms with Crippen LogP contribution in [-0.4, -0.2) is 65.6 Å². The van der Waals surface area contributed by atoms with Gasteiger partial charge in [0.2, 0.25) is 0 Å². The topological polar surface area (TPSA) is 148 Å². The Labute approximate surface area is 275 Å². The van der Waals surface area contributed by atoms with Crippen LogP contribution in [-0.2, 0) is 42.9 Å². The second-order valence-corrected chi connectivity index (χ2v) is 15.7. The molecule has 1 spiro atoms. The van der Waals surface area contributed by atoms with Gasteiger partial charge in [0.25, 0.3) is 0 Å². The van der Waals surface area contributed by atoms with Crippen molar-refractivity contribution in [2.45, 2.75) is 117 Å². The van der Waals surface area contributed by atoms with Gasteiger partial charge in [-0.2, -0.15) is 0 Å². The molecule has 6 rings (SSSR count). The summed E-state index contributed by atoms with van der Waals surface area (Å²) < 4.78 is 36.4. The van der Waals surface area contributed by atoms with Crippen LogP contribution in [0.2, 0.25) is 0 Å². The number of carbonyl (C=O) groups excluding carboxylic acids is 4. The van der Waals surface area contributed by atoms with E-state index < -0.39 is 99.4 Å². The quantitative estimate of drug-likeness (QED) is 0.302. The molecule has 11 nitrogen and oxygen atoms in total. The molecular weight excluding hydrogens is 608 g/mol. The molecule has 47 heavy (non-hydrogen) atoms. The summed E-state index contributed by atoms with van der Waals surface area (Å²) >= 11 is 0. The van der Waals surface area contributed by atoms with Gasteiger partial charge in [-0.05, 0) is 36.8 Å². The highest BCUT2D eigenvalue weighted by molar-refractivity contribution is 5.86. The Bertz CT molecular complexity index is 1490. The smallest absolute Gasteiger partial charge is 0.331 e. The number of ether oxygens (including phenoxy) is 5. The Balaban J connectivity index is 1.62. The molecule has 2 aliphatic carbocycles. The maximum atomic E-state index is 13.6. The van der Waals surface area contributed by atoms with E-state index in [2.05, 4.69) is 0 Å². The van der Waals surface area contributed by atoms with Crippen LogP contribution in [0.5, 0.6) is 0 Å². The summed E-state index contributed by atoms with van der Waals surface area (Å²) in [5.41, 5.74) is -5.08. The first kappa shape index (κ1) is 33.7. The molecule has 4 fully saturated rings. The van der Waals surface area contributed by atoms with Crippen LogP contribution >= 0.6 is 0 Å². The highest BCUT2D eigenvalue weighted by Crippen LogP contribution is 2.79. The fraction of sp³-hybridized carbons (Fsp3) is 0.722. The summed E-state index contributed by atoms with van der Waals surface area (Å²) in [5, 5.41) is 13.3. The van der Waals surface area contributed by atoms with Crippen LogP contribution in [0.1, 0.15) is 92.7 Å². The van der Waals surface area contributed by atoms with E-state index in [1.165, 1.54) is 19.4 Å². The Kier molecular flexibility index (Phi) is 7.83. The number of cyclic esters (lactones) is 1. The van der Waals surface area contributed by atoms with Gasteiger partial charge in [0.15, 0.2) is 11.7 Å². The van der Waals surface area contributed by atoms with Gasteiger partial charge in [-0.25, -0.2) is 4.79 Å². The first-order valence-corrected chi connectivity index (χ1v) is 16.8. The van der Waals surface area contributed by atoms with Crippen molar-refractivity contribution in [3.8, 4) is 0 Å². The van der Waals surface area contributed by atoms with E-state index in [0.717, 1.165) is 0 Å². The molecule has 2 saturated carbocycles. The molecule has 11 atom stereocenters. The lowest BCUT2D eigenvalue weighted by molar-refractivity contribution is -0.293. The first-order chi connectivity index (χ1) is 21.9. The third-order valence-electron chi connectivity index (χ3n) is 12.6. The summed E-state index contributed by atoms with van der Waals surface area (Å²) in [6.07, 6.45) is 1.73. The average molecular weight is 657 g/mol. The van der Waals surface area contributed by atoms with Gasteiger partial charge < -0.3 is 33.2 Å². The normalized spacial score (nSPS) is 41.7. The van der Waals surface area contributed by atoms with Gasteiger partial charge in [0, 0.05) is 40.2 Å². The van der Waals surface area contributed by atoms with Crippen molar-refractivity contribution in [2.24, 2.45) is 39.9 Å². The minimum Gasteiger partial charge on any atom is -0.472 e. The number of fused-ring (bicyclic) bond motifs is 2. The molecule has 1 aromatic rings. The SMILES string of the molecule is CCC(C)C(=O)O[C@H]1C(C)(C)[C@H](CC(=O)OC)C2(C)C3CC[C@]4(C)C(=CC(=O)O[C@H]4c4ccoc4)C34O[C@H]2C1(O)[C@H]4OC(=O)C(C)C. The summed E-state index contributed by atoms with van der Waals surface area (Å²) in [6, 6.07) is 1.75. The number of methoxy groups -OCH3 is 1. The zero-order valence-electron chi connectivity index (χ0n) is 28.8. The fourth-order valence-corrected chi connectivity index (χ4v) is 10.2. The molecule has 2 bridgehead atoms. The molecule has 2 saturated heterocycles. The van der Waals surface area contributed by atoms with E-state index in [1.54, 1.807) is 33.1 Å². The van der Waals surface area contributed by atoms with E-state index in [4.69, 9.17) is 28.1 Å². The molecule has 0 aromatic carbocycles. The Morgan fingerprint density at radius 2 is 1.74 bits per heavy atom. The van der Waals surface area contributed by atoms with Crippen molar-refractivity contribution in [1.29, 1.82) is 0 Å². The van der Waals surface area contributed by atoms with E-state index in [0.29, 0.717) is 30.4 Å². The van der Waals surface area contributed by atoms with Crippen LogP contribution < -0.4 is 0 Å². The van der Waals surface area contributed by atoms with Gasteiger partial charge in [0.05, 0.1) is 31.5 Å². The fourth-order valence-electron chi connectivity index (χ4n) is 10.2. The minimum atomic E-state index is -2.04. The lowest BCUT2D eigenvalue weighted by Crippen LogP contribution is -2.80. The summed E-state index contributed by atoms with van der Waals surface area (Å²) in [7, 11) is 1.33. The number of aliphatic hydroxyl groups is 1. The van der Waals surface area contributed by atoms with Gasteiger partial charge in [-0.1, -0.05) is 55.4 Å². The summed E-state index contributed by atoms with van der Waals surface area (Å²) in [6.45, 7) is 14.8. The molecule has 0 amide bonds. The molecule has 1 aromatic heterocycles. The zero-order chi connectivity index (χ0) is 34.5. The molecule has 4 heterocycles. The average Bonchev–Trinajstić information content (AvgIpc) is 3.71. The van der Waals surface area contributed by atoms with Crippen molar-refractivity contribution in [1.82, 2.24) is 0 Å². The standard InChI is InChI=1S/C36H48O11/c1-10-19(4)28(40)46-29-32(5,6)22(15-24(37)42-9)34(8)21-11-13-33(7)23(16-25(38)44-26(33)20-12-14-43-17-20)36(21)31(45-27(39)18(2)3)35(29,41)30(34)47-36/h12,14,16-19,21-22,26,29-31,41H,10-11,13,15H2,1-9H3/t19?,21?,22-,26-,29-,30+,31+,33+,34?,35?,36?/m0/s1. The maximum absolute atomic E-state index is 13.6. The van der Waals surface area contributed by atoms with E-state index in [1.807, 2.05) is 34.6 Å². The maximum Gasteiger partial charge on any atom is 0.331 e. The highest BCUT2D eigenvalue weighted by atomic mass is 16.6. The van der Waals surface area contributed by atoms with Gasteiger partial charge in [-0.3, -0.25) is 14.4 Å². The zero-order valence-corrected chi connectivity index (χ0v) is 28.8. The largest absolute Gasteiger partial charge is 0.472 e. The number of hydrogen-bond donors (Lipinski definition) is 1. The van der Waals surface area contributed by atoms with E-state index in [-0.39, 0.29) is 6.42 Å². The minimum absolute atomic E-state index is 0.0215. The van der Waals surface area contributed by atoms with Crippen molar-refractivity contribution in [3.63, 3.8) is 0 Å². The molecule has 0 radical (unpaired) electrons. The van der Waals surface area contributed by atoms with E-state index in [9.17, 15) is 24.3 Å². The predicted octanol–water partition coefficient (Wildman–Crippen LogP) is 4.85. The van der Waals surface area contributed by atoms with Gasteiger partial charge >= 0.3 is 23.9 Å². The number of carbonyl (C=O) groups is 4. The van der Waals surface area contributed by atoms with Crippen LogP contribution in [0, 0.1) is 39.9 Å². The number of rotatable bonds is 8. The van der Waals surface area contributed by atoms with Crippen LogP contribution in [0.3, 0.4) is 0 Å². The lowest BCUT2D eigenvalue weighted by Gasteiger charge is -2.67. The van der Waals surface area contributed by atoms with E-state index >= 15 is 0 Å². The predicted molar refractivity (Wildman–Crippen MR) is 165 cm³/mol.